The second-order valence-corrected chi connectivity index (χ2v) is 10.4. The molecule has 1 N–H and O–H groups in total. The molecule has 2 fully saturated rings. The standard InChI is InChI=1S/C31H33N5O5/c1-4-30(37)36-17-22(18-36)41-29-15-23-24(16-28(29)38-3)32-19-33-31(23)34-25-14-20(26-6-5-13-39-26)7-8-27(25)40-21-9-11-35(2)12-10-21/h4-8,13-16,19,21-22H,1,9-12,17-18H2,2-3H3,(H,32,33,34). The Hall–Kier alpha value is -4.57. The van der Waals surface area contributed by atoms with Crippen LogP contribution in [0.3, 0.4) is 0 Å². The number of piperidine rings is 1. The van der Waals surface area contributed by atoms with Gasteiger partial charge in [-0.3, -0.25) is 4.79 Å². The van der Waals surface area contributed by atoms with Crippen molar-refractivity contribution in [3.63, 3.8) is 0 Å². The number of carbonyl (C=O) groups excluding carboxylic acids is 1. The van der Waals surface area contributed by atoms with Gasteiger partial charge in [-0.2, -0.15) is 0 Å². The Bertz CT molecular complexity index is 1540. The maximum atomic E-state index is 11.9. The average molecular weight is 556 g/mol. The van der Waals surface area contributed by atoms with E-state index in [2.05, 4.69) is 33.8 Å². The van der Waals surface area contributed by atoms with Crippen LogP contribution in [0.25, 0.3) is 22.2 Å². The molecule has 0 radical (unpaired) electrons. The lowest BCUT2D eigenvalue weighted by molar-refractivity contribution is -0.134. The van der Waals surface area contributed by atoms with E-state index in [1.165, 1.54) is 12.4 Å². The molecule has 0 aliphatic carbocycles. The SMILES string of the molecule is C=CC(=O)N1CC(Oc2cc3c(Nc4cc(-c5ccco5)ccc4OC4CCN(C)CC4)ncnc3cc2OC)C1. The molecule has 0 unspecified atom stereocenters. The third kappa shape index (κ3) is 5.69. The Morgan fingerprint density at radius 3 is 2.59 bits per heavy atom. The molecule has 2 aromatic carbocycles. The number of aromatic nitrogens is 2. The lowest BCUT2D eigenvalue weighted by atomic mass is 10.1. The number of nitrogens with zero attached hydrogens (tertiary/aromatic N) is 4. The fraction of sp³-hybridized carbons (Fsp3) is 0.323. The Morgan fingerprint density at radius 1 is 1.05 bits per heavy atom. The molecule has 41 heavy (non-hydrogen) atoms. The van der Waals surface area contributed by atoms with Crippen LogP contribution < -0.4 is 19.5 Å². The summed E-state index contributed by atoms with van der Waals surface area (Å²) in [5.41, 5.74) is 2.39. The van der Waals surface area contributed by atoms with Crippen molar-refractivity contribution in [1.82, 2.24) is 19.8 Å². The number of anilines is 2. The summed E-state index contributed by atoms with van der Waals surface area (Å²) in [6.45, 7) is 6.52. The molecule has 2 aliphatic heterocycles. The van der Waals surface area contributed by atoms with Crippen LogP contribution in [0.2, 0.25) is 0 Å². The fourth-order valence-electron chi connectivity index (χ4n) is 5.15. The van der Waals surface area contributed by atoms with Crippen molar-refractivity contribution >= 4 is 28.3 Å². The summed E-state index contributed by atoms with van der Waals surface area (Å²) in [5.74, 6) is 3.11. The predicted molar refractivity (Wildman–Crippen MR) is 156 cm³/mol. The topological polar surface area (TPSA) is 102 Å². The zero-order valence-electron chi connectivity index (χ0n) is 23.2. The summed E-state index contributed by atoms with van der Waals surface area (Å²) in [7, 11) is 3.73. The minimum Gasteiger partial charge on any atom is -0.493 e. The molecule has 0 saturated carbocycles. The van der Waals surface area contributed by atoms with E-state index in [0.717, 1.165) is 54.1 Å². The lowest BCUT2D eigenvalue weighted by Crippen LogP contribution is -2.55. The summed E-state index contributed by atoms with van der Waals surface area (Å²) in [6, 6.07) is 13.5. The van der Waals surface area contributed by atoms with Crippen molar-refractivity contribution in [2.24, 2.45) is 0 Å². The summed E-state index contributed by atoms with van der Waals surface area (Å²) in [4.78, 5) is 24.9. The van der Waals surface area contributed by atoms with Gasteiger partial charge in [0, 0.05) is 30.1 Å². The summed E-state index contributed by atoms with van der Waals surface area (Å²) in [6.07, 6.45) is 6.39. The third-order valence-electron chi connectivity index (χ3n) is 7.55. The van der Waals surface area contributed by atoms with Crippen molar-refractivity contribution in [2.75, 3.05) is 45.7 Å². The molecule has 212 valence electrons. The minimum absolute atomic E-state index is 0.106. The van der Waals surface area contributed by atoms with Gasteiger partial charge in [0.1, 0.15) is 35.9 Å². The molecule has 2 saturated heterocycles. The summed E-state index contributed by atoms with van der Waals surface area (Å²) < 4.78 is 24.0. The molecule has 0 bridgehead atoms. The van der Waals surface area contributed by atoms with Crippen LogP contribution in [0.15, 0.2) is 72.1 Å². The minimum atomic E-state index is -0.147. The number of methoxy groups -OCH3 is 1. The van der Waals surface area contributed by atoms with Gasteiger partial charge < -0.3 is 33.7 Å². The van der Waals surface area contributed by atoms with Crippen molar-refractivity contribution in [1.29, 1.82) is 0 Å². The first kappa shape index (κ1) is 26.6. The van der Waals surface area contributed by atoms with E-state index in [9.17, 15) is 4.79 Å². The second-order valence-electron chi connectivity index (χ2n) is 10.4. The van der Waals surface area contributed by atoms with E-state index in [4.69, 9.17) is 18.6 Å². The first-order valence-electron chi connectivity index (χ1n) is 13.7. The molecule has 10 heteroatoms. The molecular weight excluding hydrogens is 522 g/mol. The largest absolute Gasteiger partial charge is 0.493 e. The van der Waals surface area contributed by atoms with Gasteiger partial charge in [-0.15, -0.1) is 0 Å². The zero-order chi connectivity index (χ0) is 28.3. The van der Waals surface area contributed by atoms with Gasteiger partial charge in [0.25, 0.3) is 0 Å². The average Bonchev–Trinajstić information content (AvgIpc) is 3.51. The molecule has 10 nitrogen and oxygen atoms in total. The number of amides is 1. The molecule has 6 rings (SSSR count). The van der Waals surface area contributed by atoms with Crippen LogP contribution in [0.4, 0.5) is 11.5 Å². The number of ether oxygens (including phenoxy) is 3. The quantitative estimate of drug-likeness (QED) is 0.289. The highest BCUT2D eigenvalue weighted by Gasteiger charge is 2.32. The number of carbonyl (C=O) groups is 1. The van der Waals surface area contributed by atoms with Gasteiger partial charge in [-0.1, -0.05) is 6.58 Å². The highest BCUT2D eigenvalue weighted by Crippen LogP contribution is 2.39. The molecule has 4 heterocycles. The maximum Gasteiger partial charge on any atom is 0.246 e. The van der Waals surface area contributed by atoms with Crippen molar-refractivity contribution in [3.05, 3.63) is 67.7 Å². The summed E-state index contributed by atoms with van der Waals surface area (Å²) in [5, 5.41) is 4.26. The number of hydrogen-bond acceptors (Lipinski definition) is 9. The molecule has 0 spiro atoms. The number of likely N-dealkylation sites (tertiary alicyclic amines) is 2. The van der Waals surface area contributed by atoms with Gasteiger partial charge in [0.05, 0.1) is 37.7 Å². The van der Waals surface area contributed by atoms with E-state index in [0.29, 0.717) is 35.9 Å². The first-order valence-corrected chi connectivity index (χ1v) is 13.7. The lowest BCUT2D eigenvalue weighted by Gasteiger charge is -2.38. The number of hydrogen-bond donors (Lipinski definition) is 1. The summed E-state index contributed by atoms with van der Waals surface area (Å²) >= 11 is 0. The molecule has 4 aromatic rings. The van der Waals surface area contributed by atoms with Crippen LogP contribution >= 0.6 is 0 Å². The zero-order valence-corrected chi connectivity index (χ0v) is 23.2. The normalized spacial score (nSPS) is 16.3. The number of rotatable bonds is 9. The van der Waals surface area contributed by atoms with E-state index in [1.807, 2.05) is 42.5 Å². The number of nitrogens with one attached hydrogen (secondary N) is 1. The van der Waals surface area contributed by atoms with E-state index in [-0.39, 0.29) is 18.1 Å². The van der Waals surface area contributed by atoms with Gasteiger partial charge in [0.15, 0.2) is 11.5 Å². The van der Waals surface area contributed by atoms with E-state index >= 15 is 0 Å². The molecule has 0 atom stereocenters. The number of fused-ring (bicyclic) bond motifs is 1. The Labute approximate surface area is 238 Å². The van der Waals surface area contributed by atoms with Gasteiger partial charge in [-0.25, -0.2) is 9.97 Å². The molecular formula is C31H33N5O5. The van der Waals surface area contributed by atoms with Crippen molar-refractivity contribution < 1.29 is 23.4 Å². The smallest absolute Gasteiger partial charge is 0.246 e. The predicted octanol–water partition coefficient (Wildman–Crippen LogP) is 4.89. The van der Waals surface area contributed by atoms with Crippen molar-refractivity contribution in [3.8, 4) is 28.6 Å². The monoisotopic (exact) mass is 555 g/mol. The molecule has 1 amide bonds. The Kier molecular flexibility index (Phi) is 7.47. The Morgan fingerprint density at radius 2 is 1.85 bits per heavy atom. The van der Waals surface area contributed by atoms with Crippen LogP contribution in [0, 0.1) is 0 Å². The second kappa shape index (κ2) is 11.5. The number of benzene rings is 2. The van der Waals surface area contributed by atoms with Gasteiger partial charge >= 0.3 is 0 Å². The van der Waals surface area contributed by atoms with E-state index < -0.39 is 0 Å². The van der Waals surface area contributed by atoms with Crippen LogP contribution in [-0.4, -0.2) is 78.2 Å². The van der Waals surface area contributed by atoms with Crippen LogP contribution in [0.5, 0.6) is 17.2 Å². The first-order chi connectivity index (χ1) is 20.0. The van der Waals surface area contributed by atoms with Crippen molar-refractivity contribution in [2.45, 2.75) is 25.0 Å². The van der Waals surface area contributed by atoms with Crippen LogP contribution in [0.1, 0.15) is 12.8 Å². The van der Waals surface area contributed by atoms with Crippen LogP contribution in [-0.2, 0) is 4.79 Å². The number of furan rings is 1. The third-order valence-corrected chi connectivity index (χ3v) is 7.55. The van der Waals surface area contributed by atoms with E-state index in [1.54, 1.807) is 18.3 Å². The van der Waals surface area contributed by atoms with Gasteiger partial charge in [0.2, 0.25) is 5.91 Å². The molecule has 2 aromatic heterocycles. The Balaban J connectivity index is 1.32. The maximum absolute atomic E-state index is 11.9. The highest BCUT2D eigenvalue weighted by atomic mass is 16.5. The molecule has 2 aliphatic rings. The van der Waals surface area contributed by atoms with Gasteiger partial charge in [-0.05, 0) is 62.4 Å². The fourth-order valence-corrected chi connectivity index (χ4v) is 5.15. The highest BCUT2D eigenvalue weighted by molar-refractivity contribution is 5.94.